The number of ketones is 1. The van der Waals surface area contributed by atoms with Crippen LogP contribution in [0.2, 0.25) is 12.1 Å². The van der Waals surface area contributed by atoms with Crippen LogP contribution in [0, 0.1) is 0 Å². The summed E-state index contributed by atoms with van der Waals surface area (Å²) >= 11 is 0. The summed E-state index contributed by atoms with van der Waals surface area (Å²) in [6, 6.07) is 11.6. The Morgan fingerprint density at radius 3 is 1.54 bits per heavy atom. The Balaban J connectivity index is 2.56. The first-order chi connectivity index (χ1) is 17.8. The number of Topliss-reactive ketones (excluding diaryl/α,β-unsaturated/α-hetero) is 1. The van der Waals surface area contributed by atoms with Gasteiger partial charge in [0.15, 0.2) is 5.78 Å². The molecule has 2 aromatic carbocycles. The number of hydrogen-bond donors (Lipinski definition) is 0. The molecule has 208 valence electrons. The van der Waals surface area contributed by atoms with Gasteiger partial charge in [0.2, 0.25) is 0 Å². The van der Waals surface area contributed by atoms with E-state index in [2.05, 4.69) is 18.2 Å². The molecule has 9 heteroatoms. The van der Waals surface area contributed by atoms with Crippen LogP contribution >= 0.6 is 0 Å². The highest BCUT2D eigenvalue weighted by molar-refractivity contribution is 6.61. The van der Waals surface area contributed by atoms with E-state index in [1.165, 1.54) is 0 Å². The summed E-state index contributed by atoms with van der Waals surface area (Å²) in [7, 11) is -5.75. The van der Waals surface area contributed by atoms with E-state index in [0.717, 1.165) is 27.5 Å². The minimum absolute atomic E-state index is 0.0451. The van der Waals surface area contributed by atoms with E-state index >= 15 is 0 Å². The topological polar surface area (TPSA) is 72.5 Å². The Kier molecular flexibility index (Phi) is 13.6. The molecule has 0 N–H and O–H groups in total. The number of hydrogen-bond acceptors (Lipinski definition) is 7. The fourth-order valence-corrected chi connectivity index (χ4v) is 10.1. The summed E-state index contributed by atoms with van der Waals surface area (Å²) in [5, 5.41) is 2.18. The van der Waals surface area contributed by atoms with E-state index < -0.39 is 17.6 Å². The molecule has 0 fully saturated rings. The standard InChI is InChI=1S/C28H46O7Si2/c1-8-30-36(31-9-2,32-10-3)20-18-25-22-24-16-14-15-17-26(24)27(28(25)23(7)29)19-21-37(33-11-4,34-12-5)35-13-6/h14-17,22H,8-13,18-21H2,1-7H3. The largest absolute Gasteiger partial charge is 0.501 e. The van der Waals surface area contributed by atoms with Crippen molar-refractivity contribution in [1.82, 2.24) is 0 Å². The second-order valence-corrected chi connectivity index (χ2v) is 14.1. The quantitative estimate of drug-likeness (QED) is 0.152. The van der Waals surface area contributed by atoms with Crippen molar-refractivity contribution >= 4 is 34.2 Å². The molecule has 37 heavy (non-hydrogen) atoms. The molecule has 0 unspecified atom stereocenters. The Morgan fingerprint density at radius 1 is 0.676 bits per heavy atom. The van der Waals surface area contributed by atoms with E-state index in [-0.39, 0.29) is 5.78 Å². The number of carbonyl (C=O) groups excluding carboxylic acids is 1. The van der Waals surface area contributed by atoms with Gasteiger partial charge in [-0.3, -0.25) is 4.79 Å². The van der Waals surface area contributed by atoms with Crippen LogP contribution in [0.25, 0.3) is 10.8 Å². The van der Waals surface area contributed by atoms with Gasteiger partial charge in [-0.1, -0.05) is 30.3 Å². The molecule has 0 saturated heterocycles. The van der Waals surface area contributed by atoms with E-state index in [1.54, 1.807) is 6.92 Å². The van der Waals surface area contributed by atoms with Crippen molar-refractivity contribution in [3.8, 4) is 0 Å². The average molecular weight is 551 g/mol. The van der Waals surface area contributed by atoms with Gasteiger partial charge in [-0.2, -0.15) is 0 Å². The lowest BCUT2D eigenvalue weighted by Gasteiger charge is -2.30. The minimum atomic E-state index is -2.89. The number of fused-ring (bicyclic) bond motifs is 1. The van der Waals surface area contributed by atoms with Gasteiger partial charge in [0.25, 0.3) is 0 Å². The molecule has 0 heterocycles. The van der Waals surface area contributed by atoms with Crippen molar-refractivity contribution in [2.75, 3.05) is 39.6 Å². The molecule has 0 radical (unpaired) electrons. The lowest BCUT2D eigenvalue weighted by Crippen LogP contribution is -2.46. The maximum atomic E-state index is 13.2. The maximum Gasteiger partial charge on any atom is 0.501 e. The molecule has 0 spiro atoms. The van der Waals surface area contributed by atoms with Gasteiger partial charge in [-0.25, -0.2) is 0 Å². The molecule has 0 bridgehead atoms. The lowest BCUT2D eigenvalue weighted by atomic mass is 9.89. The summed E-state index contributed by atoms with van der Waals surface area (Å²) in [6.07, 6.45) is 1.25. The highest BCUT2D eigenvalue weighted by atomic mass is 28.4. The van der Waals surface area contributed by atoms with Crippen molar-refractivity contribution in [3.05, 3.63) is 47.0 Å². The summed E-state index contributed by atoms with van der Waals surface area (Å²) in [6.45, 7) is 16.5. The molecule has 0 amide bonds. The molecular formula is C28H46O7Si2. The van der Waals surface area contributed by atoms with E-state index in [4.69, 9.17) is 26.6 Å². The zero-order valence-electron chi connectivity index (χ0n) is 23.8. The molecule has 0 aromatic heterocycles. The number of carbonyl (C=O) groups is 1. The van der Waals surface area contributed by atoms with Crippen molar-refractivity contribution < 1.29 is 31.4 Å². The zero-order valence-corrected chi connectivity index (χ0v) is 25.8. The average Bonchev–Trinajstić information content (AvgIpc) is 2.86. The third-order valence-corrected chi connectivity index (χ3v) is 12.3. The second-order valence-electron chi connectivity index (χ2n) is 8.63. The van der Waals surface area contributed by atoms with Gasteiger partial charge < -0.3 is 26.6 Å². The van der Waals surface area contributed by atoms with Gasteiger partial charge in [0.1, 0.15) is 0 Å². The van der Waals surface area contributed by atoms with Crippen LogP contribution in [0.3, 0.4) is 0 Å². The molecule has 7 nitrogen and oxygen atoms in total. The first-order valence-corrected chi connectivity index (χ1v) is 17.6. The fourth-order valence-electron chi connectivity index (χ4n) is 4.95. The number of rotatable bonds is 19. The van der Waals surface area contributed by atoms with Gasteiger partial charge in [0, 0.05) is 57.3 Å². The summed E-state index contributed by atoms with van der Waals surface area (Å²) in [5.74, 6) is 0.0451. The third kappa shape index (κ3) is 8.53. The zero-order chi connectivity index (χ0) is 27.3. The maximum absolute atomic E-state index is 13.2. The summed E-state index contributed by atoms with van der Waals surface area (Å²) < 4.78 is 36.6. The monoisotopic (exact) mass is 550 g/mol. The summed E-state index contributed by atoms with van der Waals surface area (Å²) in [4.78, 5) is 13.2. The summed E-state index contributed by atoms with van der Waals surface area (Å²) in [5.41, 5.74) is 2.78. The van der Waals surface area contributed by atoms with Crippen LogP contribution in [-0.4, -0.2) is 63.0 Å². The third-order valence-electron chi connectivity index (χ3n) is 6.16. The highest BCUT2D eigenvalue weighted by Crippen LogP contribution is 2.32. The minimum Gasteiger partial charge on any atom is -0.374 e. The van der Waals surface area contributed by atoms with Gasteiger partial charge >= 0.3 is 17.6 Å². The van der Waals surface area contributed by atoms with E-state index in [1.807, 2.05) is 53.7 Å². The molecule has 0 aliphatic carbocycles. The lowest BCUT2D eigenvalue weighted by molar-refractivity contribution is 0.0707. The fraction of sp³-hybridized carbons (Fsp3) is 0.607. The Morgan fingerprint density at radius 2 is 1.11 bits per heavy atom. The van der Waals surface area contributed by atoms with Crippen LogP contribution in [-0.2, 0) is 39.4 Å². The Hall–Kier alpha value is -1.44. The second kappa shape index (κ2) is 15.9. The van der Waals surface area contributed by atoms with Crippen molar-refractivity contribution in [2.45, 2.75) is 73.4 Å². The van der Waals surface area contributed by atoms with Crippen LogP contribution < -0.4 is 0 Å². The molecule has 2 aromatic rings. The SMILES string of the molecule is CCO[Si](CCc1cc2ccccc2c(CC[Si](OCC)(OCC)OCC)c1C(C)=O)(OCC)OCC. The predicted octanol–water partition coefficient (Wildman–Crippen LogP) is 6.22. The first kappa shape index (κ1) is 31.8. The van der Waals surface area contributed by atoms with Crippen molar-refractivity contribution in [1.29, 1.82) is 0 Å². The van der Waals surface area contributed by atoms with Gasteiger partial charge in [0.05, 0.1) is 0 Å². The predicted molar refractivity (Wildman–Crippen MR) is 152 cm³/mol. The first-order valence-electron chi connectivity index (χ1n) is 13.7. The normalized spacial score (nSPS) is 12.4. The molecule has 0 aliphatic heterocycles. The van der Waals surface area contributed by atoms with Gasteiger partial charge in [-0.15, -0.1) is 0 Å². The van der Waals surface area contributed by atoms with Crippen molar-refractivity contribution in [2.24, 2.45) is 0 Å². The van der Waals surface area contributed by atoms with Crippen LogP contribution in [0.1, 0.15) is 70.0 Å². The highest BCUT2D eigenvalue weighted by Gasteiger charge is 2.42. The van der Waals surface area contributed by atoms with Crippen molar-refractivity contribution in [3.63, 3.8) is 0 Å². The number of benzene rings is 2. The van der Waals surface area contributed by atoms with Gasteiger partial charge in [-0.05, 0) is 83.2 Å². The van der Waals surface area contributed by atoms with E-state index in [0.29, 0.717) is 64.6 Å². The number of aryl methyl sites for hydroxylation is 2. The Labute approximate surface area is 225 Å². The van der Waals surface area contributed by atoms with Crippen LogP contribution in [0.15, 0.2) is 30.3 Å². The molecular weight excluding hydrogens is 504 g/mol. The molecule has 0 saturated carbocycles. The molecule has 0 aliphatic rings. The molecule has 2 rings (SSSR count). The molecule has 0 atom stereocenters. The van der Waals surface area contributed by atoms with Crippen LogP contribution in [0.4, 0.5) is 0 Å². The smallest absolute Gasteiger partial charge is 0.374 e. The Bertz CT molecular complexity index is 948. The van der Waals surface area contributed by atoms with E-state index in [9.17, 15) is 4.79 Å². The van der Waals surface area contributed by atoms with Crippen LogP contribution in [0.5, 0.6) is 0 Å².